The lowest BCUT2D eigenvalue weighted by Crippen LogP contribution is -2.36. The van der Waals surface area contributed by atoms with E-state index < -0.39 is 15.7 Å². The summed E-state index contributed by atoms with van der Waals surface area (Å²) >= 11 is 1.22. The van der Waals surface area contributed by atoms with Crippen molar-refractivity contribution >= 4 is 54.8 Å². The van der Waals surface area contributed by atoms with Crippen molar-refractivity contribution in [3.63, 3.8) is 0 Å². The molecule has 6 nitrogen and oxygen atoms in total. The van der Waals surface area contributed by atoms with Crippen LogP contribution in [0.15, 0.2) is 47.4 Å². The van der Waals surface area contributed by atoms with E-state index in [1.807, 2.05) is 19.0 Å². The molecule has 1 amide bonds. The quantitative estimate of drug-likeness (QED) is 0.410. The van der Waals surface area contributed by atoms with Gasteiger partial charge in [0.15, 0.2) is 15.0 Å². The number of rotatable bonds is 9. The molecule has 0 saturated heterocycles. The zero-order chi connectivity index (χ0) is 22.6. The van der Waals surface area contributed by atoms with E-state index in [4.69, 9.17) is 0 Å². The molecule has 3 aromatic rings. The average Bonchev–Trinajstić information content (AvgIpc) is 3.10. The van der Waals surface area contributed by atoms with Crippen LogP contribution in [0.2, 0.25) is 0 Å². The molecule has 174 valence electrons. The van der Waals surface area contributed by atoms with Crippen molar-refractivity contribution in [3.8, 4) is 0 Å². The van der Waals surface area contributed by atoms with Crippen LogP contribution in [0, 0.1) is 11.6 Å². The molecule has 0 bridgehead atoms. The van der Waals surface area contributed by atoms with E-state index in [1.165, 1.54) is 40.5 Å². The van der Waals surface area contributed by atoms with Gasteiger partial charge in [-0.05, 0) is 63.0 Å². The van der Waals surface area contributed by atoms with Gasteiger partial charge in [-0.15, -0.1) is 12.4 Å². The number of anilines is 1. The van der Waals surface area contributed by atoms with Crippen molar-refractivity contribution in [2.75, 3.05) is 37.8 Å². The Morgan fingerprint density at radius 3 is 2.34 bits per heavy atom. The molecule has 0 saturated carbocycles. The van der Waals surface area contributed by atoms with Crippen LogP contribution in [0.5, 0.6) is 0 Å². The molecule has 0 atom stereocenters. The summed E-state index contributed by atoms with van der Waals surface area (Å²) in [4.78, 5) is 20.8. The number of hydrogen-bond acceptors (Lipinski definition) is 6. The number of carbonyl (C=O) groups is 1. The second-order valence-electron chi connectivity index (χ2n) is 7.33. The van der Waals surface area contributed by atoms with Gasteiger partial charge in [-0.3, -0.25) is 9.69 Å². The Balaban J connectivity index is 0.00000363. The lowest BCUT2D eigenvalue weighted by Gasteiger charge is -2.22. The summed E-state index contributed by atoms with van der Waals surface area (Å²) < 4.78 is 52.0. The van der Waals surface area contributed by atoms with Crippen molar-refractivity contribution in [3.05, 3.63) is 54.1 Å². The maximum Gasteiger partial charge on any atom is 0.228 e. The third-order valence-electron chi connectivity index (χ3n) is 4.62. The summed E-state index contributed by atoms with van der Waals surface area (Å²) in [6, 6.07) is 8.88. The van der Waals surface area contributed by atoms with Crippen molar-refractivity contribution in [2.45, 2.75) is 17.7 Å². The standard InChI is InChI=1S/C21H23F2N3O3S2.ClH/c1-25(2)11-12-26(21-24-18-10-7-16(23)14-19(18)30-21)20(27)4-3-13-31(28,29)17-8-5-15(22)6-9-17;/h5-10,14H,3-4,11-13H2,1-2H3;1H. The number of fused-ring (bicyclic) bond motifs is 1. The molecule has 1 heterocycles. The summed E-state index contributed by atoms with van der Waals surface area (Å²) in [5.41, 5.74) is 0.600. The van der Waals surface area contributed by atoms with Crippen LogP contribution in [-0.2, 0) is 14.6 Å². The van der Waals surface area contributed by atoms with Crippen molar-refractivity contribution in [1.82, 2.24) is 9.88 Å². The lowest BCUT2D eigenvalue weighted by atomic mass is 10.3. The summed E-state index contributed by atoms with van der Waals surface area (Å²) in [5.74, 6) is -1.37. The Morgan fingerprint density at radius 1 is 1.03 bits per heavy atom. The fourth-order valence-corrected chi connectivity index (χ4v) is 5.28. The van der Waals surface area contributed by atoms with Crippen molar-refractivity contribution < 1.29 is 22.0 Å². The topological polar surface area (TPSA) is 70.6 Å². The molecular formula is C21H24ClF2N3O3S2. The van der Waals surface area contributed by atoms with E-state index in [2.05, 4.69) is 4.98 Å². The Bertz CT molecular complexity index is 1170. The Hall–Kier alpha value is -2.14. The maximum absolute atomic E-state index is 13.5. The number of amides is 1. The van der Waals surface area contributed by atoms with Gasteiger partial charge in [-0.25, -0.2) is 22.2 Å². The first-order valence-corrected chi connectivity index (χ1v) is 12.1. The van der Waals surface area contributed by atoms with Crippen LogP contribution >= 0.6 is 23.7 Å². The number of sulfone groups is 1. The van der Waals surface area contributed by atoms with Gasteiger partial charge in [0, 0.05) is 19.5 Å². The Kier molecular flexibility index (Phi) is 9.08. The van der Waals surface area contributed by atoms with Gasteiger partial charge in [0.25, 0.3) is 0 Å². The van der Waals surface area contributed by atoms with Crippen LogP contribution in [0.4, 0.5) is 13.9 Å². The zero-order valence-electron chi connectivity index (χ0n) is 17.6. The van der Waals surface area contributed by atoms with Crippen LogP contribution in [0.25, 0.3) is 10.2 Å². The van der Waals surface area contributed by atoms with Gasteiger partial charge in [0.05, 0.1) is 20.9 Å². The number of nitrogens with zero attached hydrogens (tertiary/aromatic N) is 3. The minimum Gasteiger partial charge on any atom is -0.308 e. The molecular weight excluding hydrogens is 480 g/mol. The Labute approximate surface area is 196 Å². The molecule has 11 heteroatoms. The highest BCUT2D eigenvalue weighted by Gasteiger charge is 2.21. The molecule has 3 rings (SSSR count). The molecule has 32 heavy (non-hydrogen) atoms. The third kappa shape index (κ3) is 6.68. The van der Waals surface area contributed by atoms with E-state index in [0.29, 0.717) is 28.4 Å². The molecule has 0 fully saturated rings. The normalized spacial score (nSPS) is 11.5. The van der Waals surface area contributed by atoms with Crippen LogP contribution in [0.3, 0.4) is 0 Å². The van der Waals surface area contributed by atoms with E-state index >= 15 is 0 Å². The molecule has 2 aromatic carbocycles. The fourth-order valence-electron chi connectivity index (χ4n) is 2.94. The Morgan fingerprint density at radius 2 is 1.69 bits per heavy atom. The predicted molar refractivity (Wildman–Crippen MR) is 125 cm³/mol. The van der Waals surface area contributed by atoms with Crippen LogP contribution in [0.1, 0.15) is 12.8 Å². The van der Waals surface area contributed by atoms with Crippen LogP contribution in [-0.4, -0.2) is 57.1 Å². The average molecular weight is 504 g/mol. The number of likely N-dealkylation sites (N-methyl/N-ethyl adjacent to an activating group) is 1. The van der Waals surface area contributed by atoms with E-state index in [-0.39, 0.29) is 47.6 Å². The van der Waals surface area contributed by atoms with Crippen molar-refractivity contribution in [2.24, 2.45) is 0 Å². The highest BCUT2D eigenvalue weighted by atomic mass is 35.5. The summed E-state index contributed by atoms with van der Waals surface area (Å²) in [6.45, 7) is 0.961. The number of hydrogen-bond donors (Lipinski definition) is 0. The highest BCUT2D eigenvalue weighted by Crippen LogP contribution is 2.30. The number of carbonyl (C=O) groups excluding carboxylic acids is 1. The molecule has 0 radical (unpaired) electrons. The second-order valence-corrected chi connectivity index (χ2v) is 10.5. The molecule has 0 aliphatic carbocycles. The van der Waals surface area contributed by atoms with E-state index in [1.54, 1.807) is 6.07 Å². The monoisotopic (exact) mass is 503 g/mol. The lowest BCUT2D eigenvalue weighted by molar-refractivity contribution is -0.118. The minimum atomic E-state index is -3.61. The van der Waals surface area contributed by atoms with Crippen molar-refractivity contribution in [1.29, 1.82) is 0 Å². The van der Waals surface area contributed by atoms with Gasteiger partial charge < -0.3 is 4.90 Å². The predicted octanol–water partition coefficient (Wildman–Crippen LogP) is 4.15. The highest BCUT2D eigenvalue weighted by molar-refractivity contribution is 7.91. The molecule has 1 aromatic heterocycles. The number of thiazole rings is 1. The molecule has 0 N–H and O–H groups in total. The summed E-state index contributed by atoms with van der Waals surface area (Å²) in [6.07, 6.45) is 0.134. The van der Waals surface area contributed by atoms with Gasteiger partial charge in [0.1, 0.15) is 11.6 Å². The second kappa shape index (κ2) is 11.1. The van der Waals surface area contributed by atoms with Crippen LogP contribution < -0.4 is 4.90 Å². The molecule has 0 aliphatic rings. The first-order valence-electron chi connectivity index (χ1n) is 9.65. The van der Waals surface area contributed by atoms with Gasteiger partial charge >= 0.3 is 0 Å². The summed E-state index contributed by atoms with van der Waals surface area (Å²) in [5, 5.41) is 0.453. The molecule has 0 unspecified atom stereocenters. The number of halogens is 3. The van der Waals surface area contributed by atoms with E-state index in [9.17, 15) is 22.0 Å². The first kappa shape index (κ1) is 26.1. The maximum atomic E-state index is 13.5. The van der Waals surface area contributed by atoms with Gasteiger partial charge in [-0.2, -0.15) is 0 Å². The van der Waals surface area contributed by atoms with Gasteiger partial charge in [-0.1, -0.05) is 11.3 Å². The first-order chi connectivity index (χ1) is 14.7. The minimum absolute atomic E-state index is 0. The van der Waals surface area contributed by atoms with Gasteiger partial charge in [0.2, 0.25) is 5.91 Å². The zero-order valence-corrected chi connectivity index (χ0v) is 20.1. The molecule has 0 aliphatic heterocycles. The number of aromatic nitrogens is 1. The SMILES string of the molecule is CN(C)CCN(C(=O)CCCS(=O)(=O)c1ccc(F)cc1)c1nc2ccc(F)cc2s1.Cl. The fraction of sp³-hybridized carbons (Fsp3) is 0.333. The molecule has 0 spiro atoms. The van der Waals surface area contributed by atoms with E-state index in [0.717, 1.165) is 12.1 Å². The number of benzene rings is 2. The smallest absolute Gasteiger partial charge is 0.228 e. The third-order valence-corrected chi connectivity index (χ3v) is 7.48. The largest absolute Gasteiger partial charge is 0.308 e. The summed E-state index contributed by atoms with van der Waals surface area (Å²) in [7, 11) is 0.147.